The second-order valence-corrected chi connectivity index (χ2v) is 9.72. The van der Waals surface area contributed by atoms with Gasteiger partial charge < -0.3 is 20.7 Å². The van der Waals surface area contributed by atoms with Crippen LogP contribution in [0, 0.1) is 27.3 Å². The molecule has 1 unspecified atom stereocenters. The van der Waals surface area contributed by atoms with E-state index < -0.39 is 28.5 Å². The summed E-state index contributed by atoms with van der Waals surface area (Å²) in [7, 11) is 1.46. The Morgan fingerprint density at radius 1 is 1.07 bits per heavy atom. The maximum atomic E-state index is 15.1. The molecule has 1 aliphatic rings. The summed E-state index contributed by atoms with van der Waals surface area (Å²) in [5.41, 5.74) is 0.777. The molecule has 0 bridgehead atoms. The lowest BCUT2D eigenvalue weighted by Crippen LogP contribution is -2.31. The average Bonchev–Trinajstić information content (AvgIpc) is 2.96. The predicted octanol–water partition coefficient (Wildman–Crippen LogP) is 5.45. The fourth-order valence-corrected chi connectivity index (χ4v) is 5.24. The summed E-state index contributed by atoms with van der Waals surface area (Å²) in [5, 5.41) is 30.1. The number of nitrogens with zero attached hydrogens (tertiary/aromatic N) is 2. The number of ether oxygens (including phenoxy) is 1. The zero-order valence-corrected chi connectivity index (χ0v) is 22.8. The molecule has 0 radical (unpaired) electrons. The van der Waals surface area contributed by atoms with Gasteiger partial charge in [0, 0.05) is 22.9 Å². The number of nitriles is 1. The monoisotopic (exact) mass is 573 g/mol. The van der Waals surface area contributed by atoms with Gasteiger partial charge in [0.25, 0.3) is 11.6 Å². The molecule has 0 fully saturated rings. The third-order valence-corrected chi connectivity index (χ3v) is 7.20. The zero-order chi connectivity index (χ0) is 29.5. The van der Waals surface area contributed by atoms with Crippen LogP contribution in [-0.2, 0) is 9.59 Å². The van der Waals surface area contributed by atoms with Crippen LogP contribution in [0.25, 0.3) is 0 Å². The van der Waals surface area contributed by atoms with Gasteiger partial charge in [0.1, 0.15) is 17.3 Å². The third-order valence-electron chi connectivity index (χ3n) is 6.19. The lowest BCUT2D eigenvalue weighted by molar-refractivity contribution is -0.383. The SMILES string of the molecule is COc1ccccc1NC(=O)C1=C(C)NC(SCC(=O)Nc2ccccc2[N+](=O)[O-])=C(C#N)C1c1ccccc1F. The summed E-state index contributed by atoms with van der Waals surface area (Å²) in [6.07, 6.45) is 0. The molecule has 0 aliphatic carbocycles. The van der Waals surface area contributed by atoms with Gasteiger partial charge in [0.15, 0.2) is 0 Å². The third kappa shape index (κ3) is 6.37. The normalized spacial score (nSPS) is 14.5. The Morgan fingerprint density at radius 3 is 2.41 bits per heavy atom. The van der Waals surface area contributed by atoms with Gasteiger partial charge in [-0.3, -0.25) is 19.7 Å². The highest BCUT2D eigenvalue weighted by Crippen LogP contribution is 2.42. The number of nitrogens with one attached hydrogen (secondary N) is 3. The summed E-state index contributed by atoms with van der Waals surface area (Å²) in [6, 6.07) is 20.4. The Bertz CT molecular complexity index is 1630. The van der Waals surface area contributed by atoms with Gasteiger partial charge in [-0.15, -0.1) is 0 Å². The van der Waals surface area contributed by atoms with E-state index in [-0.39, 0.29) is 38.9 Å². The van der Waals surface area contributed by atoms with E-state index in [0.717, 1.165) is 11.8 Å². The largest absolute Gasteiger partial charge is 0.495 e. The first-order chi connectivity index (χ1) is 19.7. The van der Waals surface area contributed by atoms with E-state index in [1.165, 1.54) is 43.5 Å². The van der Waals surface area contributed by atoms with Crippen LogP contribution in [0.4, 0.5) is 21.5 Å². The van der Waals surface area contributed by atoms with Crippen LogP contribution >= 0.6 is 11.8 Å². The van der Waals surface area contributed by atoms with E-state index in [1.807, 2.05) is 0 Å². The first-order valence-electron chi connectivity index (χ1n) is 12.2. The molecule has 4 rings (SSSR count). The Kier molecular flexibility index (Phi) is 9.01. The molecule has 3 aromatic carbocycles. The highest BCUT2D eigenvalue weighted by molar-refractivity contribution is 8.03. The number of para-hydroxylation sites is 4. The van der Waals surface area contributed by atoms with E-state index in [2.05, 4.69) is 22.0 Å². The second kappa shape index (κ2) is 12.8. The molecule has 0 saturated carbocycles. The number of benzene rings is 3. The molecule has 12 heteroatoms. The molecule has 2 amide bonds. The van der Waals surface area contributed by atoms with E-state index in [9.17, 15) is 25.0 Å². The number of methoxy groups -OCH3 is 1. The maximum absolute atomic E-state index is 15.1. The number of allylic oxidation sites excluding steroid dienone is 2. The van der Waals surface area contributed by atoms with Gasteiger partial charge in [-0.05, 0) is 31.2 Å². The standard InChI is InChI=1S/C29H24FN5O5S/c1-17-26(28(37)34-22-12-6-8-14-24(22)40-2)27(18-9-3-4-10-20(18)30)19(15-31)29(32-17)41-16-25(36)33-21-11-5-7-13-23(21)35(38)39/h3-14,27,32H,16H2,1-2H3,(H,33,36)(H,34,37). The second-order valence-electron chi connectivity index (χ2n) is 8.74. The number of nitro groups is 1. The van der Waals surface area contributed by atoms with Crippen molar-refractivity contribution in [3.63, 3.8) is 0 Å². The van der Waals surface area contributed by atoms with Crippen LogP contribution in [0.2, 0.25) is 0 Å². The van der Waals surface area contributed by atoms with Crippen molar-refractivity contribution in [1.29, 1.82) is 5.26 Å². The summed E-state index contributed by atoms with van der Waals surface area (Å²) < 4.78 is 20.4. The van der Waals surface area contributed by atoms with Crippen molar-refractivity contribution in [2.75, 3.05) is 23.5 Å². The topological polar surface area (TPSA) is 146 Å². The molecule has 0 spiro atoms. The fourth-order valence-electron chi connectivity index (χ4n) is 4.35. The number of carbonyl (C=O) groups is 2. The Morgan fingerprint density at radius 2 is 1.73 bits per heavy atom. The molecule has 1 atom stereocenters. The molecule has 0 saturated heterocycles. The molecular formula is C29H24FN5O5S. The minimum atomic E-state index is -1.09. The Labute approximate surface area is 239 Å². The predicted molar refractivity (Wildman–Crippen MR) is 153 cm³/mol. The number of hydrogen-bond donors (Lipinski definition) is 3. The molecular weight excluding hydrogens is 549 g/mol. The number of amides is 2. The van der Waals surface area contributed by atoms with E-state index in [1.54, 1.807) is 43.3 Å². The zero-order valence-electron chi connectivity index (χ0n) is 21.9. The Hall–Kier alpha value is -5.15. The minimum Gasteiger partial charge on any atom is -0.495 e. The lowest BCUT2D eigenvalue weighted by Gasteiger charge is -2.30. The summed E-state index contributed by atoms with van der Waals surface area (Å²) in [5.74, 6) is -2.63. The van der Waals surface area contributed by atoms with Crippen LogP contribution in [0.15, 0.2) is 94.7 Å². The number of anilines is 2. The lowest BCUT2D eigenvalue weighted by atomic mass is 9.82. The first-order valence-corrected chi connectivity index (χ1v) is 13.2. The molecule has 3 N–H and O–H groups in total. The van der Waals surface area contributed by atoms with Gasteiger partial charge in [0.05, 0.1) is 46.1 Å². The van der Waals surface area contributed by atoms with Crippen molar-refractivity contribution in [2.45, 2.75) is 12.8 Å². The number of hydrogen-bond acceptors (Lipinski definition) is 8. The molecule has 0 aromatic heterocycles. The van der Waals surface area contributed by atoms with Gasteiger partial charge in [-0.25, -0.2) is 4.39 Å². The van der Waals surface area contributed by atoms with E-state index in [4.69, 9.17) is 4.74 Å². The van der Waals surface area contributed by atoms with Gasteiger partial charge in [-0.1, -0.05) is 54.2 Å². The van der Waals surface area contributed by atoms with Crippen molar-refractivity contribution >= 4 is 40.6 Å². The van der Waals surface area contributed by atoms with Crippen molar-refractivity contribution in [3.05, 3.63) is 116 Å². The van der Waals surface area contributed by atoms with Gasteiger partial charge >= 0.3 is 0 Å². The number of nitro benzene ring substituents is 1. The van der Waals surface area contributed by atoms with Crippen molar-refractivity contribution < 1.29 is 23.6 Å². The number of thioether (sulfide) groups is 1. The smallest absolute Gasteiger partial charge is 0.292 e. The average molecular weight is 574 g/mol. The first kappa shape index (κ1) is 28.8. The molecule has 1 aliphatic heterocycles. The minimum absolute atomic E-state index is 0.0322. The van der Waals surface area contributed by atoms with E-state index in [0.29, 0.717) is 17.1 Å². The van der Waals surface area contributed by atoms with Crippen LogP contribution in [0.3, 0.4) is 0 Å². The van der Waals surface area contributed by atoms with Gasteiger partial charge in [-0.2, -0.15) is 5.26 Å². The van der Waals surface area contributed by atoms with Crippen LogP contribution in [0.1, 0.15) is 18.4 Å². The van der Waals surface area contributed by atoms with Crippen LogP contribution in [-0.4, -0.2) is 29.6 Å². The maximum Gasteiger partial charge on any atom is 0.292 e. The van der Waals surface area contributed by atoms with Crippen molar-refractivity contribution in [1.82, 2.24) is 5.32 Å². The Balaban J connectivity index is 1.66. The highest BCUT2D eigenvalue weighted by atomic mass is 32.2. The summed E-state index contributed by atoms with van der Waals surface area (Å²) >= 11 is 0.959. The molecule has 208 valence electrons. The van der Waals surface area contributed by atoms with Crippen molar-refractivity contribution in [2.24, 2.45) is 0 Å². The summed E-state index contributed by atoms with van der Waals surface area (Å²) in [6.45, 7) is 1.62. The number of dihydropyridines is 1. The summed E-state index contributed by atoms with van der Waals surface area (Å²) in [4.78, 5) is 37.0. The van der Waals surface area contributed by atoms with Crippen LogP contribution < -0.4 is 20.7 Å². The van der Waals surface area contributed by atoms with Crippen molar-refractivity contribution in [3.8, 4) is 11.8 Å². The van der Waals surface area contributed by atoms with Crippen LogP contribution in [0.5, 0.6) is 5.75 Å². The molecule has 3 aromatic rings. The molecule has 1 heterocycles. The number of halogens is 1. The molecule has 10 nitrogen and oxygen atoms in total. The number of rotatable bonds is 9. The highest BCUT2D eigenvalue weighted by Gasteiger charge is 2.36. The van der Waals surface area contributed by atoms with E-state index >= 15 is 4.39 Å². The number of carbonyl (C=O) groups excluding carboxylic acids is 2. The van der Waals surface area contributed by atoms with Gasteiger partial charge in [0.2, 0.25) is 5.91 Å². The fraction of sp³-hybridized carbons (Fsp3) is 0.138. The molecule has 41 heavy (non-hydrogen) atoms. The quantitative estimate of drug-likeness (QED) is 0.226.